The van der Waals surface area contributed by atoms with E-state index in [0.717, 1.165) is 16.8 Å². The van der Waals surface area contributed by atoms with Gasteiger partial charge in [0.25, 0.3) is 5.91 Å². The zero-order chi connectivity index (χ0) is 14.7. The number of hydrogen-bond donors (Lipinski definition) is 2. The van der Waals surface area contributed by atoms with Gasteiger partial charge in [0.15, 0.2) is 0 Å². The number of benzene rings is 1. The zero-order valence-corrected chi connectivity index (χ0v) is 12.4. The first-order valence-electron chi connectivity index (χ1n) is 6.12. The van der Waals surface area contributed by atoms with Crippen LogP contribution in [-0.4, -0.2) is 16.0 Å². The minimum Gasteiger partial charge on any atom is -0.389 e. The number of aromatic nitrogens is 1. The third-order valence-corrected chi connectivity index (χ3v) is 3.66. The largest absolute Gasteiger partial charge is 0.389 e. The summed E-state index contributed by atoms with van der Waals surface area (Å²) in [5.41, 5.74) is 12.3. The Morgan fingerprint density at radius 3 is 2.50 bits per heavy atom. The number of rotatable bonds is 3. The first-order valence-corrected chi connectivity index (χ1v) is 6.90. The molecule has 1 aromatic carbocycles. The molecule has 5 nitrogen and oxygen atoms in total. The van der Waals surface area contributed by atoms with Crippen LogP contribution in [0.25, 0.3) is 0 Å². The highest BCUT2D eigenvalue weighted by Gasteiger charge is 2.11. The van der Waals surface area contributed by atoms with E-state index < -0.39 is 0 Å². The van der Waals surface area contributed by atoms with Crippen LogP contribution in [0.15, 0.2) is 29.4 Å². The van der Waals surface area contributed by atoms with Crippen LogP contribution >= 0.6 is 11.5 Å². The van der Waals surface area contributed by atoms with Crippen LogP contribution in [0.5, 0.6) is 0 Å². The summed E-state index contributed by atoms with van der Waals surface area (Å²) in [6.07, 6.45) is 0. The highest BCUT2D eigenvalue weighted by molar-refractivity contribution is 7.10. The van der Waals surface area contributed by atoms with Crippen molar-refractivity contribution in [3.63, 3.8) is 0 Å². The highest BCUT2D eigenvalue weighted by Crippen LogP contribution is 2.21. The van der Waals surface area contributed by atoms with Crippen LogP contribution in [0.2, 0.25) is 0 Å². The monoisotopic (exact) mass is 288 g/mol. The number of amides is 1. The minimum atomic E-state index is -0.247. The predicted molar refractivity (Wildman–Crippen MR) is 82.1 cm³/mol. The van der Waals surface area contributed by atoms with E-state index in [0.29, 0.717) is 16.3 Å². The average molecular weight is 288 g/mol. The van der Waals surface area contributed by atoms with Crippen LogP contribution in [0.4, 0.5) is 5.00 Å². The molecule has 3 N–H and O–H groups in total. The molecule has 0 aliphatic carbocycles. The van der Waals surface area contributed by atoms with Crippen LogP contribution in [0.3, 0.4) is 0 Å². The van der Waals surface area contributed by atoms with Crippen molar-refractivity contribution in [2.45, 2.75) is 20.8 Å². The first-order chi connectivity index (χ1) is 9.49. The fourth-order valence-corrected chi connectivity index (χ4v) is 2.50. The summed E-state index contributed by atoms with van der Waals surface area (Å²) in [6, 6.07) is 7.30. The second kappa shape index (κ2) is 5.83. The Balaban J connectivity index is 2.13. The van der Waals surface area contributed by atoms with E-state index in [1.807, 2.05) is 26.0 Å². The Morgan fingerprint density at radius 1 is 1.30 bits per heavy atom. The minimum absolute atomic E-state index is 0.247. The lowest BCUT2D eigenvalue weighted by Gasteiger charge is -2.03. The summed E-state index contributed by atoms with van der Waals surface area (Å²) in [7, 11) is 0. The molecule has 0 bridgehead atoms. The summed E-state index contributed by atoms with van der Waals surface area (Å²) in [4.78, 5) is 11.9. The third-order valence-electron chi connectivity index (χ3n) is 2.89. The molecule has 0 aliphatic heterocycles. The lowest BCUT2D eigenvalue weighted by Crippen LogP contribution is -2.19. The molecule has 0 atom stereocenters. The number of hydrogen-bond acceptors (Lipinski definition) is 5. The number of nitrogen functional groups attached to an aromatic ring is 1. The smallest absolute Gasteiger partial charge is 0.271 e. The summed E-state index contributed by atoms with van der Waals surface area (Å²) < 4.78 is 4.16. The maximum absolute atomic E-state index is 11.9. The summed E-state index contributed by atoms with van der Waals surface area (Å²) in [5.74, 6) is -0.247. The van der Waals surface area contributed by atoms with Crippen molar-refractivity contribution in [3.8, 4) is 0 Å². The van der Waals surface area contributed by atoms with E-state index in [-0.39, 0.29) is 5.91 Å². The van der Waals surface area contributed by atoms with E-state index in [1.54, 1.807) is 19.1 Å². The maximum atomic E-state index is 11.9. The molecule has 1 aromatic heterocycles. The second-order valence-corrected chi connectivity index (χ2v) is 5.32. The quantitative estimate of drug-likeness (QED) is 0.672. The molecule has 6 heteroatoms. The lowest BCUT2D eigenvalue weighted by molar-refractivity contribution is 0.0955. The Morgan fingerprint density at radius 2 is 1.95 bits per heavy atom. The maximum Gasteiger partial charge on any atom is 0.271 e. The fourth-order valence-electron chi connectivity index (χ4n) is 1.79. The van der Waals surface area contributed by atoms with Crippen molar-refractivity contribution < 1.29 is 4.79 Å². The van der Waals surface area contributed by atoms with Gasteiger partial charge in [0.05, 0.1) is 17.0 Å². The van der Waals surface area contributed by atoms with Crippen molar-refractivity contribution in [1.82, 2.24) is 9.80 Å². The Labute approximate surface area is 121 Å². The molecule has 20 heavy (non-hydrogen) atoms. The summed E-state index contributed by atoms with van der Waals surface area (Å²) in [5, 5.41) is 4.70. The first kappa shape index (κ1) is 14.2. The third kappa shape index (κ3) is 3.03. The van der Waals surface area contributed by atoms with Gasteiger partial charge < -0.3 is 5.73 Å². The van der Waals surface area contributed by atoms with Crippen LogP contribution in [0.1, 0.15) is 34.1 Å². The normalized spacial score (nSPS) is 11.4. The van der Waals surface area contributed by atoms with Gasteiger partial charge in [0.2, 0.25) is 0 Å². The second-order valence-electron chi connectivity index (χ2n) is 4.51. The average Bonchev–Trinajstić information content (AvgIpc) is 2.76. The van der Waals surface area contributed by atoms with Gasteiger partial charge in [-0.2, -0.15) is 9.47 Å². The number of nitrogens with zero attached hydrogens (tertiary/aromatic N) is 2. The van der Waals surface area contributed by atoms with Gasteiger partial charge >= 0.3 is 0 Å². The summed E-state index contributed by atoms with van der Waals surface area (Å²) >= 11 is 1.23. The number of carbonyl (C=O) groups excluding carboxylic acids is 1. The fraction of sp³-hybridized carbons (Fsp3) is 0.214. The van der Waals surface area contributed by atoms with Crippen molar-refractivity contribution in [1.29, 1.82) is 0 Å². The van der Waals surface area contributed by atoms with E-state index >= 15 is 0 Å². The molecule has 0 saturated heterocycles. The molecule has 104 valence electrons. The molecular formula is C14H16N4OS. The van der Waals surface area contributed by atoms with Gasteiger partial charge in [0, 0.05) is 5.56 Å². The van der Waals surface area contributed by atoms with Gasteiger partial charge in [-0.1, -0.05) is 17.7 Å². The predicted octanol–water partition coefficient (Wildman–Crippen LogP) is 2.50. The van der Waals surface area contributed by atoms with E-state index in [1.165, 1.54) is 11.5 Å². The number of anilines is 1. The van der Waals surface area contributed by atoms with Gasteiger partial charge in [-0.25, -0.2) is 5.43 Å². The highest BCUT2D eigenvalue weighted by atomic mass is 32.1. The van der Waals surface area contributed by atoms with E-state index in [9.17, 15) is 4.79 Å². The van der Waals surface area contributed by atoms with Gasteiger partial charge in [-0.05, 0) is 44.4 Å². The van der Waals surface area contributed by atoms with Crippen molar-refractivity contribution >= 4 is 28.2 Å². The standard InChI is InChI=1S/C14H16N4OS/c1-8-4-6-11(7-5-8)14(19)17-16-9(2)12-10(3)18-20-13(12)15/h4-7H,15H2,1-3H3,(H,17,19)/b16-9-. The number of nitrogens with one attached hydrogen (secondary N) is 1. The van der Waals surface area contributed by atoms with Crippen molar-refractivity contribution in [2.24, 2.45) is 5.10 Å². The molecule has 1 amide bonds. The zero-order valence-electron chi connectivity index (χ0n) is 11.6. The molecule has 0 saturated carbocycles. The van der Waals surface area contributed by atoms with Crippen LogP contribution < -0.4 is 11.2 Å². The topological polar surface area (TPSA) is 80.4 Å². The lowest BCUT2D eigenvalue weighted by atomic mass is 10.1. The number of nitrogens with two attached hydrogens (primary N) is 1. The van der Waals surface area contributed by atoms with E-state index in [2.05, 4.69) is 14.9 Å². The number of aryl methyl sites for hydroxylation is 2. The molecule has 0 fully saturated rings. The Hall–Kier alpha value is -2.21. The summed E-state index contributed by atoms with van der Waals surface area (Å²) in [6.45, 7) is 5.63. The van der Waals surface area contributed by atoms with Gasteiger partial charge in [0.1, 0.15) is 5.00 Å². The molecule has 1 heterocycles. The van der Waals surface area contributed by atoms with Crippen molar-refractivity contribution in [3.05, 3.63) is 46.6 Å². The van der Waals surface area contributed by atoms with Gasteiger partial charge in [-0.3, -0.25) is 4.79 Å². The van der Waals surface area contributed by atoms with Gasteiger partial charge in [-0.15, -0.1) is 0 Å². The van der Waals surface area contributed by atoms with Crippen molar-refractivity contribution in [2.75, 3.05) is 5.73 Å². The van der Waals surface area contributed by atoms with Crippen LogP contribution in [0, 0.1) is 13.8 Å². The molecule has 2 rings (SSSR count). The Bertz CT molecular complexity index is 639. The molecule has 0 aliphatic rings. The van der Waals surface area contributed by atoms with E-state index in [4.69, 9.17) is 5.73 Å². The van der Waals surface area contributed by atoms with Crippen LogP contribution in [-0.2, 0) is 0 Å². The number of carbonyl (C=O) groups is 1. The SMILES string of the molecule is C/C(=N/NC(=O)c1ccc(C)cc1)c1c(C)nsc1N. The molecule has 2 aromatic rings. The number of hydrazone groups is 1. The molecule has 0 unspecified atom stereocenters. The molecule has 0 radical (unpaired) electrons. The Kier molecular flexibility index (Phi) is 4.14. The molecular weight excluding hydrogens is 272 g/mol. The molecule has 0 spiro atoms.